The van der Waals surface area contributed by atoms with Crippen LogP contribution < -0.4 is 0 Å². The Labute approximate surface area is 116 Å². The lowest BCUT2D eigenvalue weighted by Crippen LogP contribution is -2.38. The van der Waals surface area contributed by atoms with Crippen LogP contribution in [0.25, 0.3) is 0 Å². The van der Waals surface area contributed by atoms with E-state index in [4.69, 9.17) is 4.74 Å². The number of alkyl halides is 4. The van der Waals surface area contributed by atoms with Gasteiger partial charge in [0.1, 0.15) is 6.04 Å². The smallest absolute Gasteiger partial charge is 0.427 e. The van der Waals surface area contributed by atoms with E-state index in [1.807, 2.05) is 41.6 Å². The van der Waals surface area contributed by atoms with Crippen molar-refractivity contribution < 1.29 is 17.9 Å². The van der Waals surface area contributed by atoms with Crippen molar-refractivity contribution in [3.05, 3.63) is 35.4 Å². The summed E-state index contributed by atoms with van der Waals surface area (Å²) in [5.41, 5.74) is 1.62. The van der Waals surface area contributed by atoms with Gasteiger partial charge < -0.3 is 4.74 Å². The summed E-state index contributed by atoms with van der Waals surface area (Å²) < 4.78 is 43.5. The van der Waals surface area contributed by atoms with Crippen LogP contribution in [-0.2, 0) is 4.74 Å². The summed E-state index contributed by atoms with van der Waals surface area (Å²) in [6, 6.07) is 6.22. The van der Waals surface area contributed by atoms with E-state index in [1.165, 1.54) is 0 Å². The van der Waals surface area contributed by atoms with Crippen LogP contribution in [0, 0.1) is 6.92 Å². The molecule has 0 aliphatic carbocycles. The minimum atomic E-state index is -4.38. The van der Waals surface area contributed by atoms with Crippen molar-refractivity contribution in [3.63, 3.8) is 0 Å². The second-order valence-corrected chi connectivity index (χ2v) is 4.98. The van der Waals surface area contributed by atoms with Gasteiger partial charge in [0.05, 0.1) is 0 Å². The molecule has 6 heteroatoms. The van der Waals surface area contributed by atoms with Gasteiger partial charge >= 0.3 is 6.18 Å². The Kier molecular flexibility index (Phi) is 3.84. The third-order valence-corrected chi connectivity index (χ3v) is 3.55. The van der Waals surface area contributed by atoms with Gasteiger partial charge in [0, 0.05) is 9.99 Å². The second-order valence-electron chi connectivity index (χ2n) is 4.10. The SMILES string of the molecule is Cc1ccc(C2=NC(CI)C(C(F)(F)F)O2)cc1. The monoisotopic (exact) mass is 369 g/mol. The average Bonchev–Trinajstić information content (AvgIpc) is 2.73. The van der Waals surface area contributed by atoms with E-state index in [0.29, 0.717) is 5.56 Å². The van der Waals surface area contributed by atoms with E-state index in [9.17, 15) is 13.2 Å². The summed E-state index contributed by atoms with van der Waals surface area (Å²) in [5.74, 6) is 0.0824. The largest absolute Gasteiger partial charge is 0.462 e. The molecule has 1 aromatic carbocycles. The fourth-order valence-corrected chi connectivity index (χ4v) is 2.35. The number of ether oxygens (including phenoxy) is 1. The molecular weight excluding hydrogens is 358 g/mol. The van der Waals surface area contributed by atoms with Crippen LogP contribution in [0.1, 0.15) is 11.1 Å². The summed E-state index contributed by atoms with van der Waals surface area (Å²) in [4.78, 5) is 4.02. The maximum atomic E-state index is 12.7. The van der Waals surface area contributed by atoms with Crippen LogP contribution in [0.4, 0.5) is 13.2 Å². The van der Waals surface area contributed by atoms with E-state index in [-0.39, 0.29) is 10.3 Å². The molecular formula is C12H11F3INO. The van der Waals surface area contributed by atoms with Crippen molar-refractivity contribution in [2.75, 3.05) is 4.43 Å². The zero-order valence-electron chi connectivity index (χ0n) is 9.54. The molecule has 0 amide bonds. The Bertz CT molecular complexity index is 455. The van der Waals surface area contributed by atoms with Crippen LogP contribution >= 0.6 is 22.6 Å². The van der Waals surface area contributed by atoms with E-state index in [0.717, 1.165) is 5.56 Å². The molecule has 0 fully saturated rings. The molecule has 1 aromatic rings. The van der Waals surface area contributed by atoms with Gasteiger partial charge in [-0.2, -0.15) is 13.2 Å². The first kappa shape index (κ1) is 13.6. The Hall–Kier alpha value is -0.790. The minimum Gasteiger partial charge on any atom is -0.462 e. The number of rotatable bonds is 2. The number of halogens is 4. The molecule has 2 atom stereocenters. The van der Waals surface area contributed by atoms with Crippen LogP contribution in [0.5, 0.6) is 0 Å². The molecule has 1 aliphatic rings. The van der Waals surface area contributed by atoms with Crippen molar-refractivity contribution in [3.8, 4) is 0 Å². The van der Waals surface area contributed by atoms with Gasteiger partial charge in [-0.15, -0.1) is 0 Å². The third kappa shape index (κ3) is 2.78. The van der Waals surface area contributed by atoms with Crippen LogP contribution in [0.15, 0.2) is 29.3 Å². The molecule has 1 heterocycles. The quantitative estimate of drug-likeness (QED) is 0.578. The van der Waals surface area contributed by atoms with Gasteiger partial charge in [-0.25, -0.2) is 4.99 Å². The number of hydrogen-bond donors (Lipinski definition) is 0. The van der Waals surface area contributed by atoms with Crippen LogP contribution in [0.3, 0.4) is 0 Å². The fraction of sp³-hybridized carbons (Fsp3) is 0.417. The number of hydrogen-bond acceptors (Lipinski definition) is 2. The average molecular weight is 369 g/mol. The lowest BCUT2D eigenvalue weighted by atomic mass is 10.1. The zero-order chi connectivity index (χ0) is 13.3. The molecule has 98 valence electrons. The lowest BCUT2D eigenvalue weighted by molar-refractivity contribution is -0.196. The van der Waals surface area contributed by atoms with Gasteiger partial charge in [0.2, 0.25) is 12.0 Å². The van der Waals surface area contributed by atoms with Crippen molar-refractivity contribution in [2.45, 2.75) is 25.2 Å². The van der Waals surface area contributed by atoms with E-state index in [2.05, 4.69) is 4.99 Å². The fourth-order valence-electron chi connectivity index (χ4n) is 1.69. The molecule has 2 nitrogen and oxygen atoms in total. The third-order valence-electron chi connectivity index (χ3n) is 2.65. The summed E-state index contributed by atoms with van der Waals surface area (Å²) in [6.07, 6.45) is -6.21. The van der Waals surface area contributed by atoms with E-state index in [1.54, 1.807) is 12.1 Å². The molecule has 0 N–H and O–H groups in total. The van der Waals surface area contributed by atoms with Gasteiger partial charge in [-0.3, -0.25) is 0 Å². The summed E-state index contributed by atoms with van der Waals surface area (Å²) in [5, 5.41) is 0. The highest BCUT2D eigenvalue weighted by atomic mass is 127. The Morgan fingerprint density at radius 3 is 2.33 bits per heavy atom. The van der Waals surface area contributed by atoms with Gasteiger partial charge in [-0.1, -0.05) is 40.3 Å². The predicted octanol–water partition coefficient (Wildman–Crippen LogP) is 3.51. The van der Waals surface area contributed by atoms with Gasteiger partial charge in [0.25, 0.3) is 0 Å². The summed E-state index contributed by atoms with van der Waals surface area (Å²) in [7, 11) is 0. The molecule has 2 rings (SSSR count). The first-order valence-electron chi connectivity index (χ1n) is 5.36. The van der Waals surface area contributed by atoms with Crippen molar-refractivity contribution in [2.24, 2.45) is 4.99 Å². The zero-order valence-corrected chi connectivity index (χ0v) is 11.7. The van der Waals surface area contributed by atoms with Crippen LogP contribution in [-0.4, -0.2) is 28.6 Å². The Balaban J connectivity index is 2.24. The number of aliphatic imine (C=N–C) groups is 1. The predicted molar refractivity (Wildman–Crippen MR) is 71.3 cm³/mol. The van der Waals surface area contributed by atoms with Gasteiger partial charge in [-0.05, 0) is 19.1 Å². The molecule has 0 saturated carbocycles. The molecule has 0 bridgehead atoms. The Morgan fingerprint density at radius 2 is 1.89 bits per heavy atom. The molecule has 1 aliphatic heterocycles. The first-order chi connectivity index (χ1) is 8.41. The van der Waals surface area contributed by atoms with Crippen molar-refractivity contribution >= 4 is 28.5 Å². The van der Waals surface area contributed by atoms with Gasteiger partial charge in [0.15, 0.2) is 0 Å². The molecule has 0 radical (unpaired) electrons. The van der Waals surface area contributed by atoms with E-state index < -0.39 is 18.3 Å². The van der Waals surface area contributed by atoms with Crippen LogP contribution in [0.2, 0.25) is 0 Å². The highest BCUT2D eigenvalue weighted by Crippen LogP contribution is 2.32. The standard InChI is InChI=1S/C12H11F3INO/c1-7-2-4-8(5-3-7)11-17-9(6-16)10(18-11)12(13,14)15/h2-5,9-10H,6H2,1H3. The van der Waals surface area contributed by atoms with Crippen molar-refractivity contribution in [1.29, 1.82) is 0 Å². The molecule has 18 heavy (non-hydrogen) atoms. The Morgan fingerprint density at radius 1 is 1.28 bits per heavy atom. The number of benzene rings is 1. The maximum Gasteiger partial charge on any atom is 0.427 e. The highest BCUT2D eigenvalue weighted by Gasteiger charge is 2.50. The maximum absolute atomic E-state index is 12.7. The molecule has 0 aromatic heterocycles. The van der Waals surface area contributed by atoms with E-state index >= 15 is 0 Å². The van der Waals surface area contributed by atoms with Crippen molar-refractivity contribution in [1.82, 2.24) is 0 Å². The first-order valence-corrected chi connectivity index (χ1v) is 6.88. The summed E-state index contributed by atoms with van der Waals surface area (Å²) in [6.45, 7) is 1.91. The second kappa shape index (κ2) is 5.07. The minimum absolute atomic E-state index is 0.0824. The topological polar surface area (TPSA) is 21.6 Å². The normalized spacial score (nSPS) is 23.7. The number of nitrogens with zero attached hydrogens (tertiary/aromatic N) is 1. The summed E-state index contributed by atoms with van der Waals surface area (Å²) >= 11 is 1.89. The number of aryl methyl sites for hydroxylation is 1. The lowest BCUT2D eigenvalue weighted by Gasteiger charge is -2.18. The molecule has 0 saturated heterocycles. The molecule has 2 unspecified atom stereocenters. The highest BCUT2D eigenvalue weighted by molar-refractivity contribution is 14.1. The molecule has 0 spiro atoms.